The maximum atomic E-state index is 11.1. The van der Waals surface area contributed by atoms with E-state index in [-0.39, 0.29) is 5.92 Å². The van der Waals surface area contributed by atoms with Gasteiger partial charge in [-0.25, -0.2) is 0 Å². The van der Waals surface area contributed by atoms with Gasteiger partial charge in [0.15, 0.2) is 0 Å². The van der Waals surface area contributed by atoms with E-state index in [1.165, 1.54) is 103 Å². The molecule has 0 aliphatic rings. The summed E-state index contributed by atoms with van der Waals surface area (Å²) in [6.07, 6.45) is 23.7. The molecule has 0 aromatic rings. The number of Topliss-reactive ketones (excluding diaryl/α,β-unsaturated/α-hetero) is 1. The van der Waals surface area contributed by atoms with Gasteiger partial charge in [-0.15, -0.1) is 0 Å². The Morgan fingerprint density at radius 2 is 0.913 bits per heavy atom. The van der Waals surface area contributed by atoms with E-state index in [9.17, 15) is 4.79 Å². The smallest absolute Gasteiger partial charge is 0.132 e. The van der Waals surface area contributed by atoms with Crippen LogP contribution in [0.25, 0.3) is 0 Å². The van der Waals surface area contributed by atoms with E-state index in [4.69, 9.17) is 0 Å². The maximum absolute atomic E-state index is 11.1. The topological polar surface area (TPSA) is 17.1 Å². The molecule has 1 atom stereocenters. The fourth-order valence-electron chi connectivity index (χ4n) is 3.20. The highest BCUT2D eigenvalue weighted by atomic mass is 16.1. The van der Waals surface area contributed by atoms with Crippen LogP contribution < -0.4 is 0 Å². The fourth-order valence-corrected chi connectivity index (χ4v) is 3.20. The third-order valence-corrected chi connectivity index (χ3v) is 5.18. The lowest BCUT2D eigenvalue weighted by molar-refractivity contribution is -0.120. The third kappa shape index (κ3) is 17.9. The standard InChI is InChI=1S/C22H44O/c1-4-5-6-7-8-9-10-11-12-13-14-15-16-17-18-19-20-21(2)22(3)23/h21H,4-20H2,1-3H3. The first-order valence-corrected chi connectivity index (χ1v) is 10.7. The zero-order valence-corrected chi connectivity index (χ0v) is 16.5. The number of ketones is 1. The highest BCUT2D eigenvalue weighted by molar-refractivity contribution is 5.77. The van der Waals surface area contributed by atoms with E-state index >= 15 is 0 Å². The highest BCUT2D eigenvalue weighted by Crippen LogP contribution is 2.15. The van der Waals surface area contributed by atoms with Gasteiger partial charge in [0.25, 0.3) is 0 Å². The predicted molar refractivity (Wildman–Crippen MR) is 104 cm³/mol. The molecular formula is C22H44O. The Bertz CT molecular complexity index is 246. The van der Waals surface area contributed by atoms with Crippen LogP contribution in [0.5, 0.6) is 0 Å². The van der Waals surface area contributed by atoms with Crippen molar-refractivity contribution in [3.63, 3.8) is 0 Å². The highest BCUT2D eigenvalue weighted by Gasteiger charge is 2.05. The molecule has 138 valence electrons. The maximum Gasteiger partial charge on any atom is 0.132 e. The van der Waals surface area contributed by atoms with Gasteiger partial charge >= 0.3 is 0 Å². The summed E-state index contributed by atoms with van der Waals surface area (Å²) in [4.78, 5) is 11.1. The summed E-state index contributed by atoms with van der Waals surface area (Å²) in [5.41, 5.74) is 0. The molecule has 0 fully saturated rings. The van der Waals surface area contributed by atoms with E-state index in [2.05, 4.69) is 13.8 Å². The third-order valence-electron chi connectivity index (χ3n) is 5.18. The largest absolute Gasteiger partial charge is 0.300 e. The minimum absolute atomic E-state index is 0.279. The Hall–Kier alpha value is -0.330. The van der Waals surface area contributed by atoms with Crippen LogP contribution in [0, 0.1) is 5.92 Å². The number of unbranched alkanes of at least 4 members (excludes halogenated alkanes) is 15. The normalized spacial score (nSPS) is 12.5. The van der Waals surface area contributed by atoms with E-state index in [1.807, 2.05) is 0 Å². The van der Waals surface area contributed by atoms with Crippen LogP contribution >= 0.6 is 0 Å². The zero-order chi connectivity index (χ0) is 17.2. The minimum Gasteiger partial charge on any atom is -0.300 e. The Balaban J connectivity index is 3.04. The quantitative estimate of drug-likeness (QED) is 0.234. The molecule has 0 saturated carbocycles. The number of hydrogen-bond acceptors (Lipinski definition) is 1. The molecule has 0 saturated heterocycles. The molecule has 1 unspecified atom stereocenters. The van der Waals surface area contributed by atoms with Crippen LogP contribution in [0.1, 0.15) is 130 Å². The van der Waals surface area contributed by atoms with Crippen molar-refractivity contribution in [3.8, 4) is 0 Å². The molecule has 23 heavy (non-hydrogen) atoms. The molecule has 0 aromatic heterocycles. The first-order valence-electron chi connectivity index (χ1n) is 10.7. The van der Waals surface area contributed by atoms with Crippen molar-refractivity contribution in [1.29, 1.82) is 0 Å². The molecule has 0 aromatic carbocycles. The van der Waals surface area contributed by atoms with Gasteiger partial charge in [-0.3, -0.25) is 4.79 Å². The molecule has 0 radical (unpaired) electrons. The SMILES string of the molecule is CCCCCCCCCCCCCCCCCCC(C)C(C)=O. The lowest BCUT2D eigenvalue weighted by Crippen LogP contribution is -2.05. The Labute approximate surface area is 147 Å². The van der Waals surface area contributed by atoms with Crippen LogP contribution in [-0.2, 0) is 4.79 Å². The van der Waals surface area contributed by atoms with Crippen molar-refractivity contribution in [3.05, 3.63) is 0 Å². The van der Waals surface area contributed by atoms with Gasteiger partial charge in [-0.2, -0.15) is 0 Å². The Morgan fingerprint density at radius 1 is 0.609 bits per heavy atom. The second-order valence-electron chi connectivity index (χ2n) is 7.60. The van der Waals surface area contributed by atoms with Crippen molar-refractivity contribution in [2.45, 2.75) is 130 Å². The summed E-state index contributed by atoms with van der Waals surface area (Å²) in [5, 5.41) is 0. The van der Waals surface area contributed by atoms with E-state index < -0.39 is 0 Å². The van der Waals surface area contributed by atoms with Crippen LogP contribution in [0.15, 0.2) is 0 Å². The molecule has 0 bridgehead atoms. The second kappa shape index (κ2) is 18.0. The van der Waals surface area contributed by atoms with Crippen LogP contribution in [0.3, 0.4) is 0 Å². The lowest BCUT2D eigenvalue weighted by atomic mass is 9.98. The second-order valence-corrected chi connectivity index (χ2v) is 7.60. The van der Waals surface area contributed by atoms with Gasteiger partial charge < -0.3 is 0 Å². The molecule has 0 N–H and O–H groups in total. The molecule has 1 heteroatoms. The van der Waals surface area contributed by atoms with Crippen LogP contribution in [0.2, 0.25) is 0 Å². The first-order chi connectivity index (χ1) is 11.2. The zero-order valence-electron chi connectivity index (χ0n) is 16.5. The van der Waals surface area contributed by atoms with Crippen molar-refractivity contribution >= 4 is 5.78 Å². The average molecular weight is 325 g/mol. The fraction of sp³-hybridized carbons (Fsp3) is 0.955. The molecular weight excluding hydrogens is 280 g/mol. The molecule has 0 amide bonds. The van der Waals surface area contributed by atoms with Crippen molar-refractivity contribution < 1.29 is 4.79 Å². The summed E-state index contributed by atoms with van der Waals surface area (Å²) in [6, 6.07) is 0. The molecule has 0 heterocycles. The summed E-state index contributed by atoms with van der Waals surface area (Å²) in [6.45, 7) is 6.07. The number of carbonyl (C=O) groups excluding carboxylic acids is 1. The molecule has 0 spiro atoms. The predicted octanol–water partition coefficient (Wildman–Crippen LogP) is 7.86. The van der Waals surface area contributed by atoms with Gasteiger partial charge in [-0.05, 0) is 13.3 Å². The van der Waals surface area contributed by atoms with Gasteiger partial charge in [-0.1, -0.05) is 117 Å². The first kappa shape index (κ1) is 22.7. The van der Waals surface area contributed by atoms with Gasteiger partial charge in [0.1, 0.15) is 5.78 Å². The summed E-state index contributed by atoms with van der Waals surface area (Å²) >= 11 is 0. The Kier molecular flexibility index (Phi) is 17.8. The van der Waals surface area contributed by atoms with E-state index in [0.717, 1.165) is 6.42 Å². The van der Waals surface area contributed by atoms with E-state index in [1.54, 1.807) is 6.92 Å². The van der Waals surface area contributed by atoms with Crippen molar-refractivity contribution in [2.75, 3.05) is 0 Å². The summed E-state index contributed by atoms with van der Waals surface area (Å²) < 4.78 is 0. The summed E-state index contributed by atoms with van der Waals surface area (Å²) in [7, 11) is 0. The molecule has 0 rings (SSSR count). The minimum atomic E-state index is 0.279. The molecule has 0 aliphatic heterocycles. The van der Waals surface area contributed by atoms with Crippen LogP contribution in [0.4, 0.5) is 0 Å². The van der Waals surface area contributed by atoms with E-state index in [0.29, 0.717) is 5.78 Å². The molecule has 0 aliphatic carbocycles. The number of carbonyl (C=O) groups is 1. The van der Waals surface area contributed by atoms with Gasteiger partial charge in [0.05, 0.1) is 0 Å². The Morgan fingerprint density at radius 3 is 1.22 bits per heavy atom. The number of rotatable bonds is 18. The van der Waals surface area contributed by atoms with Crippen molar-refractivity contribution in [2.24, 2.45) is 5.92 Å². The van der Waals surface area contributed by atoms with Crippen molar-refractivity contribution in [1.82, 2.24) is 0 Å². The summed E-state index contributed by atoms with van der Waals surface area (Å²) in [5.74, 6) is 0.632. The van der Waals surface area contributed by atoms with Gasteiger partial charge in [0, 0.05) is 5.92 Å². The monoisotopic (exact) mass is 324 g/mol. The average Bonchev–Trinajstić information content (AvgIpc) is 2.54. The van der Waals surface area contributed by atoms with Gasteiger partial charge in [0.2, 0.25) is 0 Å². The molecule has 1 nitrogen and oxygen atoms in total. The lowest BCUT2D eigenvalue weighted by Gasteiger charge is -2.06. The number of hydrogen-bond donors (Lipinski definition) is 0. The van der Waals surface area contributed by atoms with Crippen LogP contribution in [-0.4, -0.2) is 5.78 Å².